The molecule has 32 heavy (non-hydrogen) atoms. The number of allylic oxidation sites excluding steroid dienone is 1. The fourth-order valence-corrected chi connectivity index (χ4v) is 3.84. The molecule has 0 atom stereocenters. The van der Waals surface area contributed by atoms with Crippen molar-refractivity contribution in [2.24, 2.45) is 5.41 Å². The van der Waals surface area contributed by atoms with Gasteiger partial charge in [0, 0.05) is 5.57 Å². The average Bonchev–Trinajstić information content (AvgIpc) is 2.75. The first-order valence-corrected chi connectivity index (χ1v) is 11.5. The summed E-state index contributed by atoms with van der Waals surface area (Å²) in [7, 11) is 1.42. The number of methoxy groups -OCH3 is 1. The van der Waals surface area contributed by atoms with Crippen LogP contribution in [0.3, 0.4) is 0 Å². The predicted molar refractivity (Wildman–Crippen MR) is 139 cm³/mol. The van der Waals surface area contributed by atoms with Crippen LogP contribution in [0.4, 0.5) is 0 Å². The lowest BCUT2D eigenvalue weighted by molar-refractivity contribution is -0.135. The summed E-state index contributed by atoms with van der Waals surface area (Å²) in [6, 6.07) is 10.7. The molecular weight excluding hydrogens is 392 g/mol. The molecule has 0 bridgehead atoms. The second-order valence-corrected chi connectivity index (χ2v) is 10.5. The topological polar surface area (TPSA) is 26.3 Å². The minimum Gasteiger partial charge on any atom is -0.466 e. The molecular formula is C30H44O2. The monoisotopic (exact) mass is 436 g/mol. The van der Waals surface area contributed by atoms with Gasteiger partial charge in [-0.3, -0.25) is 0 Å². The van der Waals surface area contributed by atoms with Gasteiger partial charge in [0.1, 0.15) is 0 Å². The lowest BCUT2D eigenvalue weighted by Crippen LogP contribution is -2.33. The summed E-state index contributed by atoms with van der Waals surface area (Å²) in [5.41, 5.74) is 11.3. The van der Waals surface area contributed by atoms with Gasteiger partial charge in [0.2, 0.25) is 0 Å². The van der Waals surface area contributed by atoms with Crippen LogP contribution in [0.5, 0.6) is 0 Å². The van der Waals surface area contributed by atoms with E-state index >= 15 is 0 Å². The van der Waals surface area contributed by atoms with Gasteiger partial charge in [-0.2, -0.15) is 0 Å². The van der Waals surface area contributed by atoms with Crippen LogP contribution in [-0.2, 0) is 14.9 Å². The molecule has 0 aliphatic rings. The maximum absolute atomic E-state index is 11.7. The Morgan fingerprint density at radius 1 is 0.719 bits per heavy atom. The largest absolute Gasteiger partial charge is 0.466 e. The van der Waals surface area contributed by atoms with E-state index in [1.165, 1.54) is 46.1 Å². The van der Waals surface area contributed by atoms with Gasteiger partial charge in [-0.05, 0) is 104 Å². The quantitative estimate of drug-likeness (QED) is 0.358. The molecule has 0 saturated heterocycles. The third kappa shape index (κ3) is 5.71. The van der Waals surface area contributed by atoms with Crippen LogP contribution < -0.4 is 0 Å². The van der Waals surface area contributed by atoms with Gasteiger partial charge in [-0.15, -0.1) is 0 Å². The minimum atomic E-state index is -0.257. The van der Waals surface area contributed by atoms with Crippen LogP contribution in [0.15, 0.2) is 35.9 Å². The first-order chi connectivity index (χ1) is 14.6. The van der Waals surface area contributed by atoms with Crippen molar-refractivity contribution in [3.8, 4) is 0 Å². The van der Waals surface area contributed by atoms with E-state index in [0.29, 0.717) is 11.0 Å². The molecule has 0 N–H and O–H groups in total. The molecule has 0 aliphatic carbocycles. The molecule has 2 rings (SSSR count). The third-order valence-corrected chi connectivity index (χ3v) is 7.80. The summed E-state index contributed by atoms with van der Waals surface area (Å²) in [5.74, 6) is -0.257. The van der Waals surface area contributed by atoms with Crippen molar-refractivity contribution in [3.63, 3.8) is 0 Å². The van der Waals surface area contributed by atoms with Crippen molar-refractivity contribution in [2.45, 2.75) is 88.5 Å². The van der Waals surface area contributed by atoms with E-state index in [4.69, 9.17) is 4.74 Å². The Morgan fingerprint density at radius 3 is 1.50 bits per heavy atom. The molecule has 0 aliphatic heterocycles. The van der Waals surface area contributed by atoms with Crippen LogP contribution in [0.25, 0.3) is 5.57 Å². The van der Waals surface area contributed by atoms with E-state index in [9.17, 15) is 4.79 Å². The second-order valence-electron chi connectivity index (χ2n) is 10.5. The number of rotatable bonds is 3. The maximum Gasteiger partial charge on any atom is 0.333 e. The smallest absolute Gasteiger partial charge is 0.333 e. The number of hydrogen-bond donors (Lipinski definition) is 0. The van der Waals surface area contributed by atoms with E-state index in [2.05, 4.69) is 99.6 Å². The lowest BCUT2D eigenvalue weighted by atomic mass is 9.65. The summed E-state index contributed by atoms with van der Waals surface area (Å²) >= 11 is 0. The normalized spacial score (nSPS) is 12.5. The zero-order chi connectivity index (χ0) is 25.0. The molecule has 0 fully saturated rings. The summed E-state index contributed by atoms with van der Waals surface area (Å²) in [6.45, 7) is 26.0. The molecule has 0 unspecified atom stereocenters. The standard InChI is InChI=1S/C17H24O2.C13H20/c1-9-10(2)12(4)16(13(5)11(9)3)14(6)15(7)17(18)19-8;1-12(2,3)13(4,5)11-9-7-6-8-10-11/h1-8H3;6-10H,1-5H3/b15-14+;. The number of benzene rings is 2. The van der Waals surface area contributed by atoms with Gasteiger partial charge < -0.3 is 4.74 Å². The van der Waals surface area contributed by atoms with Crippen LogP contribution in [0.2, 0.25) is 0 Å². The average molecular weight is 437 g/mol. The molecule has 0 heterocycles. The lowest BCUT2D eigenvalue weighted by Gasteiger charge is -2.39. The summed E-state index contributed by atoms with van der Waals surface area (Å²) in [4.78, 5) is 11.7. The molecule has 0 saturated carbocycles. The molecule has 2 heteroatoms. The van der Waals surface area contributed by atoms with E-state index in [0.717, 1.165) is 5.57 Å². The molecule has 0 radical (unpaired) electrons. The fourth-order valence-electron chi connectivity index (χ4n) is 3.84. The fraction of sp³-hybridized carbons (Fsp3) is 0.500. The Bertz CT molecular complexity index is 955. The Kier molecular flexibility index (Phi) is 9.09. The van der Waals surface area contributed by atoms with Crippen molar-refractivity contribution in [2.75, 3.05) is 7.11 Å². The molecule has 0 spiro atoms. The number of ether oxygens (including phenoxy) is 1. The van der Waals surface area contributed by atoms with Gasteiger partial charge >= 0.3 is 5.97 Å². The number of hydrogen-bond acceptors (Lipinski definition) is 2. The van der Waals surface area contributed by atoms with Gasteiger partial charge in [-0.1, -0.05) is 65.0 Å². The molecule has 2 nitrogen and oxygen atoms in total. The van der Waals surface area contributed by atoms with Crippen LogP contribution in [0.1, 0.15) is 87.4 Å². The zero-order valence-electron chi connectivity index (χ0n) is 22.7. The van der Waals surface area contributed by atoms with Crippen LogP contribution in [-0.4, -0.2) is 13.1 Å². The van der Waals surface area contributed by atoms with Crippen molar-refractivity contribution >= 4 is 11.5 Å². The van der Waals surface area contributed by atoms with E-state index < -0.39 is 0 Å². The van der Waals surface area contributed by atoms with Crippen molar-refractivity contribution in [1.29, 1.82) is 0 Å². The minimum absolute atomic E-state index is 0.230. The predicted octanol–water partition coefficient (Wildman–Crippen LogP) is 8.21. The molecule has 0 aromatic heterocycles. The first kappa shape index (κ1) is 27.7. The highest BCUT2D eigenvalue weighted by molar-refractivity contribution is 5.97. The number of carbonyl (C=O) groups excluding carboxylic acids is 1. The summed E-state index contributed by atoms with van der Waals surface area (Å²) < 4.78 is 4.82. The van der Waals surface area contributed by atoms with Crippen LogP contribution >= 0.6 is 0 Å². The van der Waals surface area contributed by atoms with Gasteiger partial charge in [0.15, 0.2) is 0 Å². The van der Waals surface area contributed by atoms with E-state index in [1.807, 2.05) is 13.8 Å². The highest BCUT2D eigenvalue weighted by Crippen LogP contribution is 2.40. The van der Waals surface area contributed by atoms with Crippen molar-refractivity contribution in [1.82, 2.24) is 0 Å². The van der Waals surface area contributed by atoms with Crippen molar-refractivity contribution < 1.29 is 9.53 Å². The molecule has 176 valence electrons. The Hall–Kier alpha value is -2.35. The number of carbonyl (C=O) groups is 1. The Balaban J connectivity index is 0.000000343. The molecule has 2 aromatic rings. The Morgan fingerprint density at radius 2 is 1.12 bits per heavy atom. The zero-order valence-corrected chi connectivity index (χ0v) is 22.7. The van der Waals surface area contributed by atoms with Gasteiger partial charge in [-0.25, -0.2) is 4.79 Å². The Labute approximate surface area is 197 Å². The SMILES string of the molecule is CC(C)(C)C(C)(C)c1ccccc1.COC(=O)/C(C)=C(\C)c1c(C)c(C)c(C)c(C)c1C. The van der Waals surface area contributed by atoms with E-state index in [-0.39, 0.29) is 11.4 Å². The summed E-state index contributed by atoms with van der Waals surface area (Å²) in [6.07, 6.45) is 0. The van der Waals surface area contributed by atoms with Crippen molar-refractivity contribution in [3.05, 3.63) is 74.8 Å². The highest BCUT2D eigenvalue weighted by Gasteiger charge is 2.33. The highest BCUT2D eigenvalue weighted by atomic mass is 16.5. The third-order valence-electron chi connectivity index (χ3n) is 7.80. The maximum atomic E-state index is 11.7. The van der Waals surface area contributed by atoms with Crippen LogP contribution in [0, 0.1) is 40.0 Å². The van der Waals surface area contributed by atoms with E-state index in [1.54, 1.807) is 0 Å². The first-order valence-electron chi connectivity index (χ1n) is 11.5. The van der Waals surface area contributed by atoms with Gasteiger partial charge in [0.05, 0.1) is 7.11 Å². The molecule has 2 aromatic carbocycles. The second kappa shape index (κ2) is 10.5. The molecule has 0 amide bonds. The van der Waals surface area contributed by atoms with Gasteiger partial charge in [0.25, 0.3) is 0 Å². The number of esters is 1. The summed E-state index contributed by atoms with van der Waals surface area (Å²) in [5, 5.41) is 0.